The summed E-state index contributed by atoms with van der Waals surface area (Å²) in [6.07, 6.45) is 5.88. The van der Waals surface area contributed by atoms with E-state index in [-0.39, 0.29) is 0 Å². The van der Waals surface area contributed by atoms with Crippen LogP contribution in [0.5, 0.6) is 0 Å². The molecule has 0 fully saturated rings. The molecule has 0 bridgehead atoms. The molecular weight excluding hydrogens is 490 g/mol. The Labute approximate surface area is 225 Å². The first-order valence-corrected chi connectivity index (χ1v) is 12.6. The minimum absolute atomic E-state index is 0.324. The van der Waals surface area contributed by atoms with E-state index in [0.29, 0.717) is 23.5 Å². The van der Waals surface area contributed by atoms with Crippen molar-refractivity contribution in [2.75, 3.05) is 20.3 Å². The van der Waals surface area contributed by atoms with E-state index in [0.717, 1.165) is 6.42 Å². The zero-order valence-electron chi connectivity index (χ0n) is 23.4. The van der Waals surface area contributed by atoms with Crippen molar-refractivity contribution in [3.63, 3.8) is 0 Å². The molecule has 0 radical (unpaired) electrons. The number of nitrogens with one attached hydrogen (secondary N) is 2. The third-order valence-electron chi connectivity index (χ3n) is 5.62. The first-order valence-electron chi connectivity index (χ1n) is 12.6. The van der Waals surface area contributed by atoms with Crippen LogP contribution < -0.4 is 10.6 Å². The second-order valence-corrected chi connectivity index (χ2v) is 10.4. The van der Waals surface area contributed by atoms with Crippen molar-refractivity contribution in [2.24, 2.45) is 5.92 Å². The lowest BCUT2D eigenvalue weighted by Gasteiger charge is -2.38. The number of hydrogen-bond donors (Lipinski definition) is 3. The second kappa shape index (κ2) is 15.0. The van der Waals surface area contributed by atoms with Gasteiger partial charge < -0.3 is 30.1 Å². The van der Waals surface area contributed by atoms with Crippen LogP contribution in [0.4, 0.5) is 4.79 Å². The molecule has 210 valence electrons. The van der Waals surface area contributed by atoms with Crippen molar-refractivity contribution < 1.29 is 33.8 Å². The van der Waals surface area contributed by atoms with Gasteiger partial charge >= 0.3 is 12.1 Å². The van der Waals surface area contributed by atoms with Crippen molar-refractivity contribution in [3.05, 3.63) is 35.4 Å². The Morgan fingerprint density at radius 2 is 1.68 bits per heavy atom. The highest BCUT2D eigenvalue weighted by Gasteiger charge is 2.38. The van der Waals surface area contributed by atoms with Crippen molar-refractivity contribution >= 4 is 23.9 Å². The maximum Gasteiger partial charge on any atom is 0.408 e. The van der Waals surface area contributed by atoms with Crippen LogP contribution in [0.1, 0.15) is 71.6 Å². The molecule has 0 heterocycles. The summed E-state index contributed by atoms with van der Waals surface area (Å²) >= 11 is 0. The lowest BCUT2D eigenvalue weighted by molar-refractivity contribution is -0.147. The summed E-state index contributed by atoms with van der Waals surface area (Å²) in [5.74, 6) is 0.847. The van der Waals surface area contributed by atoms with Gasteiger partial charge in [0.2, 0.25) is 11.8 Å². The van der Waals surface area contributed by atoms with Crippen molar-refractivity contribution in [1.29, 1.82) is 0 Å². The fourth-order valence-electron chi connectivity index (χ4n) is 3.66. The molecule has 1 aromatic rings. The van der Waals surface area contributed by atoms with Gasteiger partial charge in [-0.25, -0.2) is 4.79 Å². The highest BCUT2D eigenvalue weighted by molar-refractivity contribution is 5.93. The van der Waals surface area contributed by atoms with Gasteiger partial charge in [-0.3, -0.25) is 14.4 Å². The highest BCUT2D eigenvalue weighted by atomic mass is 16.6. The van der Waals surface area contributed by atoms with E-state index in [9.17, 15) is 24.3 Å². The van der Waals surface area contributed by atoms with Crippen LogP contribution in [-0.4, -0.2) is 71.8 Å². The molecule has 0 aliphatic rings. The van der Waals surface area contributed by atoms with E-state index in [1.807, 2.05) is 13.8 Å². The van der Waals surface area contributed by atoms with Gasteiger partial charge in [-0.1, -0.05) is 31.9 Å². The number of carbonyl (C=O) groups excluding carboxylic acids is 4. The molecule has 0 aliphatic carbocycles. The lowest BCUT2D eigenvalue weighted by Crippen LogP contribution is -2.57. The zero-order chi connectivity index (χ0) is 29.0. The summed E-state index contributed by atoms with van der Waals surface area (Å²) in [5.41, 5.74) is 0.185. The minimum Gasteiger partial charge on any atom is -0.468 e. The molecule has 0 saturated heterocycles. The molecule has 3 atom stereocenters. The maximum atomic E-state index is 13.9. The van der Waals surface area contributed by atoms with Crippen LogP contribution in [0.2, 0.25) is 0 Å². The molecule has 1 aromatic carbocycles. The Kier molecular flexibility index (Phi) is 12.8. The maximum absolute atomic E-state index is 13.9. The van der Waals surface area contributed by atoms with Gasteiger partial charge in [-0.2, -0.15) is 0 Å². The number of aliphatic hydroxyl groups excluding tert-OH is 1. The molecule has 3 unspecified atom stereocenters. The fourth-order valence-corrected chi connectivity index (χ4v) is 3.66. The number of amides is 3. The van der Waals surface area contributed by atoms with E-state index in [1.165, 1.54) is 12.0 Å². The largest absolute Gasteiger partial charge is 0.468 e. The van der Waals surface area contributed by atoms with Crippen molar-refractivity contribution in [3.8, 4) is 12.3 Å². The van der Waals surface area contributed by atoms with E-state index in [1.54, 1.807) is 52.0 Å². The van der Waals surface area contributed by atoms with Crippen LogP contribution in [0.3, 0.4) is 0 Å². The molecule has 10 heteroatoms. The molecule has 0 aliphatic heterocycles. The summed E-state index contributed by atoms with van der Waals surface area (Å²) in [5, 5.41) is 15.0. The number of carbonyl (C=O) groups is 4. The average Bonchev–Trinajstić information content (AvgIpc) is 2.85. The topological polar surface area (TPSA) is 134 Å². The van der Waals surface area contributed by atoms with Gasteiger partial charge in [0.15, 0.2) is 0 Å². The van der Waals surface area contributed by atoms with Crippen LogP contribution in [0.25, 0.3) is 0 Å². The number of terminal acetylenes is 1. The predicted molar refractivity (Wildman–Crippen MR) is 143 cm³/mol. The van der Waals surface area contributed by atoms with Crippen LogP contribution in [-0.2, 0) is 23.9 Å². The van der Waals surface area contributed by atoms with Gasteiger partial charge in [0, 0.05) is 11.6 Å². The van der Waals surface area contributed by atoms with E-state index >= 15 is 0 Å². The zero-order valence-corrected chi connectivity index (χ0v) is 23.4. The third kappa shape index (κ3) is 10.4. The van der Waals surface area contributed by atoms with Gasteiger partial charge in [-0.05, 0) is 64.2 Å². The Bertz CT molecular complexity index is 993. The van der Waals surface area contributed by atoms with E-state index in [4.69, 9.17) is 11.2 Å². The van der Waals surface area contributed by atoms with Crippen LogP contribution in [0.15, 0.2) is 24.3 Å². The second-order valence-electron chi connectivity index (χ2n) is 10.4. The number of methoxy groups -OCH3 is 1. The van der Waals surface area contributed by atoms with E-state index < -0.39 is 60.8 Å². The molecule has 0 spiro atoms. The third-order valence-corrected chi connectivity index (χ3v) is 5.62. The van der Waals surface area contributed by atoms with Crippen LogP contribution >= 0.6 is 0 Å². The molecule has 0 aromatic heterocycles. The first kappa shape index (κ1) is 32.4. The van der Waals surface area contributed by atoms with Gasteiger partial charge in [-0.15, -0.1) is 6.42 Å². The molecule has 38 heavy (non-hydrogen) atoms. The number of ether oxygens (including phenoxy) is 2. The van der Waals surface area contributed by atoms with Gasteiger partial charge in [0.25, 0.3) is 0 Å². The number of esters is 1. The number of alkyl carbamates (subject to hydrolysis) is 1. The smallest absolute Gasteiger partial charge is 0.408 e. The monoisotopic (exact) mass is 531 g/mol. The number of nitrogens with zero attached hydrogens (tertiary/aromatic N) is 1. The van der Waals surface area contributed by atoms with E-state index in [2.05, 4.69) is 21.3 Å². The highest BCUT2D eigenvalue weighted by Crippen LogP contribution is 2.28. The number of benzene rings is 1. The number of hydrogen-bond acceptors (Lipinski definition) is 7. The molecule has 3 N–H and O–H groups in total. The average molecular weight is 532 g/mol. The van der Waals surface area contributed by atoms with Gasteiger partial charge in [0.05, 0.1) is 13.7 Å². The predicted octanol–water partition coefficient (Wildman–Crippen LogP) is 2.54. The fraction of sp³-hybridized carbons (Fsp3) is 0.571. The molecule has 0 saturated carbocycles. The van der Waals surface area contributed by atoms with Crippen molar-refractivity contribution in [1.82, 2.24) is 15.5 Å². The minimum atomic E-state index is -1.38. The quantitative estimate of drug-likeness (QED) is 0.279. The summed E-state index contributed by atoms with van der Waals surface area (Å²) in [4.78, 5) is 52.9. The van der Waals surface area contributed by atoms with Gasteiger partial charge in [0.1, 0.15) is 24.2 Å². The summed E-state index contributed by atoms with van der Waals surface area (Å²) < 4.78 is 9.88. The molecule has 10 nitrogen and oxygen atoms in total. The van der Waals surface area contributed by atoms with Crippen molar-refractivity contribution in [2.45, 2.75) is 78.1 Å². The normalized spacial score (nSPS) is 13.5. The summed E-state index contributed by atoms with van der Waals surface area (Å²) in [6.45, 7) is 9.75. The molecule has 1 rings (SSSR count). The Balaban J connectivity index is 3.54. The summed E-state index contributed by atoms with van der Waals surface area (Å²) in [7, 11) is 1.20. The SMILES string of the molecule is C#Cc1ccc(C(C(=O)NCC(=O)OC)N(C(=O)C(CO)NC(=O)OC(C)(C)C)C(C)CCC(C)C)cc1. The lowest BCUT2D eigenvalue weighted by atomic mass is 9.96. The Morgan fingerprint density at radius 1 is 1.08 bits per heavy atom. The molecule has 3 amide bonds. The molecular formula is C28H41N3O7. The Hall–Kier alpha value is -3.58. The van der Waals surface area contributed by atoms with Crippen LogP contribution in [0, 0.1) is 18.3 Å². The Morgan fingerprint density at radius 3 is 2.16 bits per heavy atom. The first-order chi connectivity index (χ1) is 17.7. The summed E-state index contributed by atoms with van der Waals surface area (Å²) in [6, 6.07) is 3.47. The number of aliphatic hydroxyl groups is 1. The standard InChI is InChI=1S/C28H41N3O7/c1-9-20-12-14-21(15-13-20)24(25(34)29-16-23(33)37-8)31(19(4)11-10-18(2)3)26(35)22(17-32)30-27(36)38-28(5,6)7/h1,12-15,18-19,22,24,32H,10-11,16-17H2,2-8H3,(H,29,34)(H,30,36). The number of rotatable bonds is 12.